The Morgan fingerprint density at radius 2 is 2.05 bits per heavy atom. The molecule has 2 heterocycles. The van der Waals surface area contributed by atoms with Gasteiger partial charge in [-0.15, -0.1) is 0 Å². The van der Waals surface area contributed by atoms with Crippen LogP contribution in [0.25, 0.3) is 16.7 Å². The smallest absolute Gasteiger partial charge is 0.407 e. The molecule has 2 rings (SSSR count). The number of amides is 1. The second-order valence-electron chi connectivity index (χ2n) is 5.45. The third-order valence-corrected chi connectivity index (χ3v) is 2.57. The molecule has 1 N–H and O–H groups in total. The predicted octanol–water partition coefficient (Wildman–Crippen LogP) is 4.39. The zero-order chi connectivity index (χ0) is 16.8. The number of aromatic nitrogens is 1. The molecule has 0 saturated carbocycles. The molecule has 0 saturated heterocycles. The molecule has 0 bridgehead atoms. The van der Waals surface area contributed by atoms with Gasteiger partial charge in [0.1, 0.15) is 11.1 Å². The molecule has 1 amide bonds. The van der Waals surface area contributed by atoms with Gasteiger partial charge in [0.25, 0.3) is 0 Å². The number of carbonyl (C=O) groups excluding carboxylic acids is 1. The normalized spacial score (nSPS) is 10.6. The Balaban J connectivity index is 0.00000116. The maximum atomic E-state index is 11.6. The second-order valence-corrected chi connectivity index (χ2v) is 5.45. The van der Waals surface area contributed by atoms with Crippen LogP contribution in [0.5, 0.6) is 0 Å². The minimum atomic E-state index is -0.517. The molecule has 0 spiro atoms. The highest BCUT2D eigenvalue weighted by Gasteiger charge is 2.16. The predicted molar refractivity (Wildman–Crippen MR) is 88.6 cm³/mol. The van der Waals surface area contributed by atoms with Gasteiger partial charge in [-0.05, 0) is 32.4 Å². The van der Waals surface area contributed by atoms with Crippen molar-refractivity contribution in [3.63, 3.8) is 0 Å². The minimum absolute atomic E-state index is 0.286. The standard InChI is InChI=1S/C15H18N2O3.C2H6/c1-10(9-17-14(18)20-15(2,3)4)11-5-7-16-12-6-8-19-13(11)12;1-2/h5-8H,1,9H2,2-4H3,(H,17,18);1-2H3. The summed E-state index contributed by atoms with van der Waals surface area (Å²) in [5.74, 6) is 0. The Morgan fingerprint density at radius 3 is 2.68 bits per heavy atom. The summed E-state index contributed by atoms with van der Waals surface area (Å²) < 4.78 is 10.6. The van der Waals surface area contributed by atoms with E-state index in [0.29, 0.717) is 5.58 Å². The molecule has 0 aliphatic carbocycles. The SMILES string of the molecule is C=C(CNC(=O)OC(C)(C)C)c1ccnc2ccoc12.CC. The number of nitrogens with zero attached hydrogens (tertiary/aromatic N) is 1. The number of furan rings is 1. The van der Waals surface area contributed by atoms with Crippen molar-refractivity contribution in [2.24, 2.45) is 0 Å². The van der Waals surface area contributed by atoms with E-state index in [1.54, 1.807) is 18.5 Å². The molecule has 0 aliphatic heterocycles. The summed E-state index contributed by atoms with van der Waals surface area (Å²) in [6, 6.07) is 3.60. The van der Waals surface area contributed by atoms with Gasteiger partial charge in [-0.1, -0.05) is 20.4 Å². The summed E-state index contributed by atoms with van der Waals surface area (Å²) in [6.45, 7) is 13.7. The van der Waals surface area contributed by atoms with Gasteiger partial charge in [-0.25, -0.2) is 4.79 Å². The summed E-state index contributed by atoms with van der Waals surface area (Å²) >= 11 is 0. The van der Waals surface area contributed by atoms with E-state index in [1.807, 2.05) is 40.7 Å². The molecule has 0 aromatic carbocycles. The largest absolute Gasteiger partial charge is 0.462 e. The Morgan fingerprint density at radius 1 is 1.36 bits per heavy atom. The highest BCUT2D eigenvalue weighted by atomic mass is 16.6. The van der Waals surface area contributed by atoms with Crippen LogP contribution in [0.4, 0.5) is 4.79 Å². The molecule has 0 atom stereocenters. The average Bonchev–Trinajstić information content (AvgIpc) is 2.93. The Bertz CT molecular complexity index is 639. The summed E-state index contributed by atoms with van der Waals surface area (Å²) in [5.41, 5.74) is 2.48. The van der Waals surface area contributed by atoms with Gasteiger partial charge in [0.2, 0.25) is 0 Å². The fourth-order valence-electron chi connectivity index (χ4n) is 1.74. The molecule has 120 valence electrons. The number of carbonyl (C=O) groups is 1. The first-order chi connectivity index (χ1) is 10.4. The lowest BCUT2D eigenvalue weighted by Gasteiger charge is -2.20. The number of rotatable bonds is 3. The first-order valence-electron chi connectivity index (χ1n) is 7.34. The van der Waals surface area contributed by atoms with Crippen molar-refractivity contribution >= 4 is 22.8 Å². The highest BCUT2D eigenvalue weighted by Crippen LogP contribution is 2.23. The van der Waals surface area contributed by atoms with Gasteiger partial charge in [-0.2, -0.15) is 0 Å². The Hall–Kier alpha value is -2.30. The van der Waals surface area contributed by atoms with E-state index in [0.717, 1.165) is 16.7 Å². The van der Waals surface area contributed by atoms with E-state index in [4.69, 9.17) is 9.15 Å². The zero-order valence-corrected chi connectivity index (χ0v) is 13.9. The molecule has 0 radical (unpaired) electrons. The van der Waals surface area contributed by atoms with E-state index < -0.39 is 11.7 Å². The van der Waals surface area contributed by atoms with Crippen LogP contribution >= 0.6 is 0 Å². The zero-order valence-electron chi connectivity index (χ0n) is 13.9. The summed E-state index contributed by atoms with van der Waals surface area (Å²) in [6.07, 6.45) is 2.80. The first-order valence-corrected chi connectivity index (χ1v) is 7.34. The number of pyridine rings is 1. The number of alkyl carbamates (subject to hydrolysis) is 1. The molecule has 0 unspecified atom stereocenters. The summed E-state index contributed by atoms with van der Waals surface area (Å²) in [5, 5.41) is 2.67. The van der Waals surface area contributed by atoms with E-state index in [1.165, 1.54) is 0 Å². The molecular formula is C17H24N2O3. The van der Waals surface area contributed by atoms with Crippen molar-refractivity contribution < 1.29 is 13.9 Å². The van der Waals surface area contributed by atoms with Crippen LogP contribution in [0.2, 0.25) is 0 Å². The van der Waals surface area contributed by atoms with Gasteiger partial charge < -0.3 is 14.5 Å². The van der Waals surface area contributed by atoms with Crippen LogP contribution < -0.4 is 5.32 Å². The molecular weight excluding hydrogens is 280 g/mol. The number of ether oxygens (including phenoxy) is 1. The van der Waals surface area contributed by atoms with E-state index in [2.05, 4.69) is 16.9 Å². The van der Waals surface area contributed by atoms with Crippen LogP contribution in [0, 0.1) is 0 Å². The van der Waals surface area contributed by atoms with Gasteiger partial charge in [0, 0.05) is 24.4 Å². The van der Waals surface area contributed by atoms with Crippen LogP contribution in [-0.4, -0.2) is 23.2 Å². The van der Waals surface area contributed by atoms with Crippen molar-refractivity contribution in [1.82, 2.24) is 10.3 Å². The lowest BCUT2D eigenvalue weighted by molar-refractivity contribution is 0.0535. The number of nitrogens with one attached hydrogen (secondary N) is 1. The third kappa shape index (κ3) is 4.91. The van der Waals surface area contributed by atoms with Crippen LogP contribution in [0.1, 0.15) is 40.2 Å². The van der Waals surface area contributed by atoms with Crippen LogP contribution in [-0.2, 0) is 4.74 Å². The van der Waals surface area contributed by atoms with Gasteiger partial charge in [0.05, 0.1) is 6.26 Å². The van der Waals surface area contributed by atoms with Crippen molar-refractivity contribution in [2.45, 2.75) is 40.2 Å². The highest BCUT2D eigenvalue weighted by molar-refractivity contribution is 5.87. The quantitative estimate of drug-likeness (QED) is 0.913. The molecule has 5 nitrogen and oxygen atoms in total. The van der Waals surface area contributed by atoms with Crippen LogP contribution in [0.15, 0.2) is 35.6 Å². The number of fused-ring (bicyclic) bond motifs is 1. The lowest BCUT2D eigenvalue weighted by Crippen LogP contribution is -2.33. The lowest BCUT2D eigenvalue weighted by atomic mass is 10.1. The van der Waals surface area contributed by atoms with Crippen molar-refractivity contribution in [3.05, 3.63) is 36.7 Å². The number of hydrogen-bond acceptors (Lipinski definition) is 4. The van der Waals surface area contributed by atoms with Gasteiger partial charge in [-0.3, -0.25) is 4.98 Å². The van der Waals surface area contributed by atoms with E-state index in [9.17, 15) is 4.79 Å². The maximum Gasteiger partial charge on any atom is 0.407 e. The topological polar surface area (TPSA) is 64.4 Å². The molecule has 0 fully saturated rings. The molecule has 22 heavy (non-hydrogen) atoms. The average molecular weight is 304 g/mol. The fourth-order valence-corrected chi connectivity index (χ4v) is 1.74. The van der Waals surface area contributed by atoms with Crippen molar-refractivity contribution in [1.29, 1.82) is 0 Å². The van der Waals surface area contributed by atoms with Crippen molar-refractivity contribution in [2.75, 3.05) is 6.54 Å². The Kier molecular flexibility index (Phi) is 6.16. The number of hydrogen-bond donors (Lipinski definition) is 1. The molecule has 2 aromatic rings. The van der Waals surface area contributed by atoms with Crippen molar-refractivity contribution in [3.8, 4) is 0 Å². The van der Waals surface area contributed by atoms with E-state index in [-0.39, 0.29) is 6.54 Å². The molecule has 0 aliphatic rings. The Labute approximate surface area is 131 Å². The molecule has 5 heteroatoms. The van der Waals surface area contributed by atoms with Crippen LogP contribution in [0.3, 0.4) is 0 Å². The van der Waals surface area contributed by atoms with Gasteiger partial charge in [0.15, 0.2) is 5.58 Å². The minimum Gasteiger partial charge on any atom is -0.462 e. The molecule has 2 aromatic heterocycles. The summed E-state index contributed by atoms with van der Waals surface area (Å²) in [4.78, 5) is 15.8. The summed E-state index contributed by atoms with van der Waals surface area (Å²) in [7, 11) is 0. The third-order valence-electron chi connectivity index (χ3n) is 2.57. The maximum absolute atomic E-state index is 11.6. The monoisotopic (exact) mass is 304 g/mol. The van der Waals surface area contributed by atoms with E-state index >= 15 is 0 Å². The fraction of sp³-hybridized carbons (Fsp3) is 0.412. The second kappa shape index (κ2) is 7.64. The van der Waals surface area contributed by atoms with Gasteiger partial charge >= 0.3 is 6.09 Å². The first kappa shape index (κ1) is 17.8.